The van der Waals surface area contributed by atoms with Crippen molar-refractivity contribution in [2.24, 2.45) is 10.8 Å². The number of hydrogen-bond acceptors (Lipinski definition) is 5. The Bertz CT molecular complexity index is 1000. The zero-order chi connectivity index (χ0) is 23.1. The molecule has 1 saturated carbocycles. The molecule has 6 nitrogen and oxygen atoms in total. The maximum absolute atomic E-state index is 14.0. The maximum Gasteiger partial charge on any atom is 0.167 e. The number of hydrogen-bond donors (Lipinski definition) is 2. The van der Waals surface area contributed by atoms with Crippen molar-refractivity contribution in [1.29, 1.82) is 0 Å². The second kappa shape index (κ2) is 8.20. The van der Waals surface area contributed by atoms with Gasteiger partial charge in [-0.25, -0.2) is 0 Å². The lowest BCUT2D eigenvalue weighted by Crippen LogP contribution is -2.66. The third-order valence-electron chi connectivity index (χ3n) is 6.52. The summed E-state index contributed by atoms with van der Waals surface area (Å²) in [5.41, 5.74) is -0.198. The molecule has 32 heavy (non-hydrogen) atoms. The average molecular weight is 453 g/mol. The molecule has 0 aromatic heterocycles. The highest BCUT2D eigenvalue weighted by atomic mass is 32.1. The number of thiocarbonyl (C=S) groups is 1. The van der Waals surface area contributed by atoms with E-state index < -0.39 is 22.9 Å². The van der Waals surface area contributed by atoms with Gasteiger partial charge in [0.05, 0.1) is 26.3 Å². The summed E-state index contributed by atoms with van der Waals surface area (Å²) in [5, 5.41) is 6.90. The topological polar surface area (TPSA) is 76.7 Å². The Hall–Kier alpha value is -2.93. The van der Waals surface area contributed by atoms with Crippen LogP contribution in [0.3, 0.4) is 0 Å². The molecule has 168 valence electrons. The van der Waals surface area contributed by atoms with Gasteiger partial charge < -0.3 is 20.1 Å². The van der Waals surface area contributed by atoms with E-state index in [2.05, 4.69) is 10.6 Å². The van der Waals surface area contributed by atoms with E-state index in [0.717, 1.165) is 11.1 Å². The van der Waals surface area contributed by atoms with Crippen LogP contribution in [0.15, 0.2) is 48.5 Å². The van der Waals surface area contributed by atoms with Gasteiger partial charge in [0.1, 0.15) is 16.9 Å². The molecule has 2 atom stereocenters. The van der Waals surface area contributed by atoms with Crippen molar-refractivity contribution in [2.75, 3.05) is 14.2 Å². The molecule has 1 spiro atoms. The summed E-state index contributed by atoms with van der Waals surface area (Å²) in [6, 6.07) is 13.7. The molecular formula is C25H28N2O4S. The highest BCUT2D eigenvalue weighted by Gasteiger charge is 2.63. The lowest BCUT2D eigenvalue weighted by molar-refractivity contribution is -0.154. The van der Waals surface area contributed by atoms with Crippen LogP contribution in [0.1, 0.15) is 49.9 Å². The minimum absolute atomic E-state index is 0.0955. The predicted molar refractivity (Wildman–Crippen MR) is 126 cm³/mol. The maximum atomic E-state index is 14.0. The van der Waals surface area contributed by atoms with E-state index >= 15 is 0 Å². The molecule has 2 N–H and O–H groups in total. The van der Waals surface area contributed by atoms with E-state index in [0.29, 0.717) is 29.5 Å². The van der Waals surface area contributed by atoms with Gasteiger partial charge in [-0.1, -0.05) is 38.1 Å². The van der Waals surface area contributed by atoms with E-state index in [1.807, 2.05) is 62.4 Å². The molecule has 2 unspecified atom stereocenters. The van der Waals surface area contributed by atoms with Crippen molar-refractivity contribution in [2.45, 2.75) is 38.8 Å². The van der Waals surface area contributed by atoms with Crippen LogP contribution in [-0.4, -0.2) is 30.9 Å². The molecule has 0 amide bonds. The Morgan fingerprint density at radius 2 is 1.28 bits per heavy atom. The van der Waals surface area contributed by atoms with E-state index in [4.69, 9.17) is 21.7 Å². The van der Waals surface area contributed by atoms with Crippen molar-refractivity contribution in [3.63, 3.8) is 0 Å². The lowest BCUT2D eigenvalue weighted by atomic mass is 9.55. The Labute approximate surface area is 193 Å². The van der Waals surface area contributed by atoms with Gasteiger partial charge in [-0.2, -0.15) is 0 Å². The summed E-state index contributed by atoms with van der Waals surface area (Å²) < 4.78 is 10.8. The highest BCUT2D eigenvalue weighted by Crippen LogP contribution is 2.55. The normalized spacial score (nSPS) is 23.9. The van der Waals surface area contributed by atoms with Crippen molar-refractivity contribution < 1.29 is 19.1 Å². The molecule has 2 aromatic rings. The number of ketones is 2. The molecule has 1 heterocycles. The van der Waals surface area contributed by atoms with E-state index in [9.17, 15) is 9.59 Å². The van der Waals surface area contributed by atoms with E-state index in [1.54, 1.807) is 14.2 Å². The molecule has 7 heteroatoms. The second-order valence-corrected chi connectivity index (χ2v) is 9.68. The van der Waals surface area contributed by atoms with Gasteiger partial charge >= 0.3 is 0 Å². The number of benzene rings is 2. The molecule has 2 fully saturated rings. The molecule has 1 saturated heterocycles. The minimum atomic E-state index is -1.36. The van der Waals surface area contributed by atoms with Gasteiger partial charge in [-0.3, -0.25) is 9.59 Å². The lowest BCUT2D eigenvalue weighted by Gasteiger charge is -2.52. The summed E-state index contributed by atoms with van der Waals surface area (Å²) in [5.74, 6) is 1.11. The Balaban J connectivity index is 1.95. The highest BCUT2D eigenvalue weighted by molar-refractivity contribution is 7.80. The summed E-state index contributed by atoms with van der Waals surface area (Å²) in [6.07, 6.45) is 0.603. The molecule has 4 rings (SSSR count). The molecule has 0 radical (unpaired) electrons. The van der Waals surface area contributed by atoms with Crippen molar-refractivity contribution in [1.82, 2.24) is 10.6 Å². The van der Waals surface area contributed by atoms with Crippen LogP contribution >= 0.6 is 12.2 Å². The molecule has 2 aromatic carbocycles. The number of nitrogens with one attached hydrogen (secondary N) is 2. The van der Waals surface area contributed by atoms with Gasteiger partial charge in [0.2, 0.25) is 0 Å². The standard InChI is InChI=1S/C25H28N2O4S/c1-24(2)13-19(28)25(20(29)14-24)21(15-7-5-9-17(11-15)30-3)26-23(32)27-22(25)16-8-6-10-18(12-16)31-4/h5-12,21-22H,13-14H2,1-4H3,(H2,26,27,32). The average Bonchev–Trinajstić information content (AvgIpc) is 2.77. The number of carbonyl (C=O) groups excluding carboxylic acids is 2. The van der Waals surface area contributed by atoms with Crippen LogP contribution < -0.4 is 20.1 Å². The van der Waals surface area contributed by atoms with Crippen molar-refractivity contribution in [3.8, 4) is 11.5 Å². The smallest absolute Gasteiger partial charge is 0.167 e. The van der Waals surface area contributed by atoms with Crippen molar-refractivity contribution >= 4 is 28.9 Å². The fourth-order valence-corrected chi connectivity index (χ4v) is 5.29. The first kappa shape index (κ1) is 22.3. The van der Waals surface area contributed by atoms with Crippen molar-refractivity contribution in [3.05, 3.63) is 59.7 Å². The number of rotatable bonds is 4. The number of ether oxygens (including phenoxy) is 2. The minimum Gasteiger partial charge on any atom is -0.497 e. The Morgan fingerprint density at radius 1 is 0.844 bits per heavy atom. The first-order valence-corrected chi connectivity index (χ1v) is 11.0. The molecule has 1 aliphatic heterocycles. The van der Waals surface area contributed by atoms with Gasteiger partial charge in [0.15, 0.2) is 16.7 Å². The quantitative estimate of drug-likeness (QED) is 0.538. The predicted octanol–water partition coefficient (Wildman–Crippen LogP) is 3.91. The van der Waals surface area contributed by atoms with Gasteiger partial charge in [-0.05, 0) is 53.0 Å². The number of carbonyl (C=O) groups is 2. The van der Waals surface area contributed by atoms with Crippen LogP contribution in [0.2, 0.25) is 0 Å². The first-order valence-electron chi connectivity index (χ1n) is 10.6. The summed E-state index contributed by atoms with van der Waals surface area (Å²) in [7, 11) is 3.18. The van der Waals surface area contributed by atoms with Crippen LogP contribution in [0, 0.1) is 10.8 Å². The van der Waals surface area contributed by atoms with E-state index in [1.165, 1.54) is 0 Å². The first-order chi connectivity index (χ1) is 15.2. The molecular weight excluding hydrogens is 424 g/mol. The van der Waals surface area contributed by atoms with Crippen LogP contribution in [0.4, 0.5) is 0 Å². The third kappa shape index (κ3) is 3.64. The zero-order valence-electron chi connectivity index (χ0n) is 18.7. The zero-order valence-corrected chi connectivity index (χ0v) is 19.5. The van der Waals surface area contributed by atoms with Gasteiger partial charge in [0.25, 0.3) is 0 Å². The Kier molecular flexibility index (Phi) is 5.71. The van der Waals surface area contributed by atoms with Gasteiger partial charge in [-0.15, -0.1) is 0 Å². The van der Waals surface area contributed by atoms with Gasteiger partial charge in [0, 0.05) is 12.8 Å². The molecule has 2 aliphatic rings. The largest absolute Gasteiger partial charge is 0.497 e. The monoisotopic (exact) mass is 452 g/mol. The SMILES string of the molecule is COc1cccc(C2NC(=S)NC(c3cccc(OC)c3)C23C(=O)CC(C)(C)CC3=O)c1. The van der Waals surface area contributed by atoms with Crippen LogP contribution in [0.5, 0.6) is 11.5 Å². The summed E-state index contributed by atoms with van der Waals surface area (Å²) in [6.45, 7) is 3.93. The van der Waals surface area contributed by atoms with Crippen LogP contribution in [0.25, 0.3) is 0 Å². The fourth-order valence-electron chi connectivity index (χ4n) is 5.06. The van der Waals surface area contributed by atoms with Crippen LogP contribution in [-0.2, 0) is 9.59 Å². The summed E-state index contributed by atoms with van der Waals surface area (Å²) >= 11 is 5.55. The fraction of sp³-hybridized carbons (Fsp3) is 0.400. The third-order valence-corrected chi connectivity index (χ3v) is 6.75. The number of Topliss-reactive ketones (excluding diaryl/α,β-unsaturated/α-hetero) is 2. The number of methoxy groups -OCH3 is 2. The second-order valence-electron chi connectivity index (χ2n) is 9.27. The molecule has 1 aliphatic carbocycles. The molecule has 0 bridgehead atoms. The van der Waals surface area contributed by atoms with E-state index in [-0.39, 0.29) is 11.6 Å². The summed E-state index contributed by atoms with van der Waals surface area (Å²) in [4.78, 5) is 27.9. The Morgan fingerprint density at radius 3 is 1.69 bits per heavy atom.